The molecule has 0 amide bonds. The average Bonchev–Trinajstić information content (AvgIpc) is 2.40. The van der Waals surface area contributed by atoms with Crippen molar-refractivity contribution in [3.8, 4) is 0 Å². The van der Waals surface area contributed by atoms with Gasteiger partial charge in [0.05, 0.1) is 12.7 Å². The molecule has 0 saturated carbocycles. The highest BCUT2D eigenvalue weighted by Crippen LogP contribution is 2.37. The van der Waals surface area contributed by atoms with Gasteiger partial charge in [0.1, 0.15) is 5.60 Å². The fourth-order valence-electron chi connectivity index (χ4n) is 1.59. The molecule has 0 aliphatic heterocycles. The van der Waals surface area contributed by atoms with Gasteiger partial charge >= 0.3 is 0 Å². The molecule has 0 fully saturated rings. The van der Waals surface area contributed by atoms with E-state index in [9.17, 15) is 10.2 Å². The van der Waals surface area contributed by atoms with E-state index in [0.29, 0.717) is 13.0 Å². The van der Waals surface area contributed by atoms with Crippen molar-refractivity contribution in [1.82, 2.24) is 0 Å². The summed E-state index contributed by atoms with van der Waals surface area (Å²) in [5.74, 6) is 0. The molecule has 0 aliphatic rings. The van der Waals surface area contributed by atoms with Gasteiger partial charge < -0.3 is 14.6 Å². The number of aliphatic hydroxyl groups is 2. The van der Waals surface area contributed by atoms with E-state index in [1.165, 1.54) is 0 Å². The Morgan fingerprint density at radius 1 is 1.18 bits per heavy atom. The molecule has 2 unspecified atom stereocenters. The molecule has 0 aliphatic carbocycles. The molecule has 0 aromatic carbocycles. The summed E-state index contributed by atoms with van der Waals surface area (Å²) < 4.78 is 6.16. The minimum atomic E-state index is -1.88. The van der Waals surface area contributed by atoms with Gasteiger partial charge in [0.2, 0.25) is 0 Å². The molecule has 130 valence electrons. The zero-order valence-corrected chi connectivity index (χ0v) is 16.9. The van der Waals surface area contributed by atoms with Gasteiger partial charge in [0, 0.05) is 0 Å². The zero-order chi connectivity index (χ0) is 17.8. The normalized spacial score (nSPS) is 19.0. The lowest BCUT2D eigenvalue weighted by Crippen LogP contribution is -2.45. The molecule has 4 heteroatoms. The summed E-state index contributed by atoms with van der Waals surface area (Å²) in [6.07, 6.45) is 3.90. The molecule has 3 nitrogen and oxygen atoms in total. The second-order valence-electron chi connectivity index (χ2n) is 7.97. The standard InChI is InChI=1S/C18H36O3Si/c1-10-16(19)12-11-14(2)15(3)18(7,20)13-21-22(8,9)17(4,5)6/h11-12,16,19-20H,10,13H2,1-9H3/b12-11-,15-14+. The van der Waals surface area contributed by atoms with Crippen LogP contribution in [0.3, 0.4) is 0 Å². The van der Waals surface area contributed by atoms with Crippen LogP contribution in [0.25, 0.3) is 0 Å². The fraction of sp³-hybridized carbons (Fsp3) is 0.778. The highest BCUT2D eigenvalue weighted by molar-refractivity contribution is 6.74. The predicted octanol–water partition coefficient (Wildman–Crippen LogP) is 4.42. The number of hydrogen-bond donors (Lipinski definition) is 2. The molecule has 0 spiro atoms. The lowest BCUT2D eigenvalue weighted by Gasteiger charge is -2.39. The van der Waals surface area contributed by atoms with Crippen LogP contribution in [0.4, 0.5) is 0 Å². The Morgan fingerprint density at radius 3 is 2.09 bits per heavy atom. The van der Waals surface area contributed by atoms with Crippen molar-refractivity contribution < 1.29 is 14.6 Å². The van der Waals surface area contributed by atoms with Crippen LogP contribution in [0, 0.1) is 0 Å². The summed E-state index contributed by atoms with van der Waals surface area (Å²) in [5.41, 5.74) is 0.850. The SMILES string of the molecule is CCC(O)/C=C\C(C)=C(/C)C(C)(O)CO[Si](C)(C)C(C)(C)C. The van der Waals surface area contributed by atoms with Gasteiger partial charge in [-0.25, -0.2) is 0 Å². The van der Waals surface area contributed by atoms with Gasteiger partial charge in [-0.2, -0.15) is 0 Å². The van der Waals surface area contributed by atoms with E-state index in [1.807, 2.05) is 26.8 Å². The molecule has 0 radical (unpaired) electrons. The van der Waals surface area contributed by atoms with Crippen molar-refractivity contribution in [2.45, 2.75) is 84.7 Å². The first-order chi connectivity index (χ1) is 9.74. The van der Waals surface area contributed by atoms with E-state index in [-0.39, 0.29) is 5.04 Å². The summed E-state index contributed by atoms with van der Waals surface area (Å²) in [6, 6.07) is 0. The molecule has 2 N–H and O–H groups in total. The lowest BCUT2D eigenvalue weighted by atomic mass is 9.93. The molecule has 0 bridgehead atoms. The molecule has 22 heavy (non-hydrogen) atoms. The minimum absolute atomic E-state index is 0.126. The van der Waals surface area contributed by atoms with Crippen LogP contribution in [0.5, 0.6) is 0 Å². The molecular formula is C18H36O3Si. The van der Waals surface area contributed by atoms with Gasteiger partial charge in [-0.15, -0.1) is 0 Å². The summed E-state index contributed by atoms with van der Waals surface area (Å²) >= 11 is 0. The van der Waals surface area contributed by atoms with E-state index in [0.717, 1.165) is 11.1 Å². The Bertz CT molecular complexity index is 415. The Kier molecular flexibility index (Phi) is 7.76. The number of rotatable bonds is 7. The third-order valence-corrected chi connectivity index (χ3v) is 9.38. The van der Waals surface area contributed by atoms with Crippen LogP contribution in [-0.2, 0) is 4.43 Å². The first-order valence-corrected chi connectivity index (χ1v) is 11.1. The van der Waals surface area contributed by atoms with Crippen molar-refractivity contribution in [2.24, 2.45) is 0 Å². The van der Waals surface area contributed by atoms with E-state index < -0.39 is 20.0 Å². The Morgan fingerprint density at radius 2 is 1.68 bits per heavy atom. The molecular weight excluding hydrogens is 292 g/mol. The first-order valence-electron chi connectivity index (χ1n) is 8.15. The van der Waals surface area contributed by atoms with E-state index in [1.54, 1.807) is 13.0 Å². The maximum absolute atomic E-state index is 10.7. The predicted molar refractivity (Wildman–Crippen MR) is 97.6 cm³/mol. The van der Waals surface area contributed by atoms with Gasteiger partial charge in [-0.1, -0.05) is 39.8 Å². The van der Waals surface area contributed by atoms with Crippen LogP contribution >= 0.6 is 0 Å². The number of aliphatic hydroxyl groups excluding tert-OH is 1. The van der Waals surface area contributed by atoms with Crippen LogP contribution in [-0.4, -0.2) is 36.8 Å². The first kappa shape index (κ1) is 21.6. The minimum Gasteiger partial charge on any atom is -0.414 e. The Balaban J connectivity index is 5.04. The summed E-state index contributed by atoms with van der Waals surface area (Å²) in [6.45, 7) is 18.9. The summed E-state index contributed by atoms with van der Waals surface area (Å²) in [4.78, 5) is 0. The molecule has 0 rings (SSSR count). The van der Waals surface area contributed by atoms with Gasteiger partial charge in [-0.3, -0.25) is 0 Å². The third-order valence-electron chi connectivity index (χ3n) is 4.91. The highest BCUT2D eigenvalue weighted by Gasteiger charge is 2.39. The van der Waals surface area contributed by atoms with Crippen LogP contribution in [0.15, 0.2) is 23.3 Å². The van der Waals surface area contributed by atoms with Gasteiger partial charge in [-0.05, 0) is 56.5 Å². The molecule has 0 aromatic rings. The van der Waals surface area contributed by atoms with Crippen LogP contribution in [0.1, 0.15) is 54.9 Å². The smallest absolute Gasteiger partial charge is 0.192 e. The Labute approximate surface area is 138 Å². The highest BCUT2D eigenvalue weighted by atomic mass is 28.4. The molecule has 0 aromatic heterocycles. The van der Waals surface area contributed by atoms with Gasteiger partial charge in [0.25, 0.3) is 0 Å². The second kappa shape index (κ2) is 7.91. The monoisotopic (exact) mass is 328 g/mol. The van der Waals surface area contributed by atoms with Gasteiger partial charge in [0.15, 0.2) is 8.32 Å². The van der Waals surface area contributed by atoms with Crippen molar-refractivity contribution >= 4 is 8.32 Å². The maximum Gasteiger partial charge on any atom is 0.192 e. The molecule has 0 saturated heterocycles. The molecule has 0 heterocycles. The Hall–Kier alpha value is -0.423. The van der Waals surface area contributed by atoms with E-state index in [2.05, 4.69) is 33.9 Å². The van der Waals surface area contributed by atoms with E-state index in [4.69, 9.17) is 4.43 Å². The maximum atomic E-state index is 10.7. The van der Waals surface area contributed by atoms with E-state index >= 15 is 0 Å². The summed E-state index contributed by atoms with van der Waals surface area (Å²) in [5, 5.41) is 20.5. The molecule has 2 atom stereocenters. The summed E-state index contributed by atoms with van der Waals surface area (Å²) in [7, 11) is -1.88. The van der Waals surface area contributed by atoms with Crippen molar-refractivity contribution in [2.75, 3.05) is 6.61 Å². The second-order valence-corrected chi connectivity index (χ2v) is 12.8. The number of allylic oxidation sites excluding steroid dienone is 2. The van der Waals surface area contributed by atoms with Crippen molar-refractivity contribution in [1.29, 1.82) is 0 Å². The van der Waals surface area contributed by atoms with Crippen molar-refractivity contribution in [3.05, 3.63) is 23.3 Å². The lowest BCUT2D eigenvalue weighted by molar-refractivity contribution is 0.0376. The largest absolute Gasteiger partial charge is 0.414 e. The van der Waals surface area contributed by atoms with Crippen molar-refractivity contribution in [3.63, 3.8) is 0 Å². The van der Waals surface area contributed by atoms with Crippen LogP contribution in [0.2, 0.25) is 18.1 Å². The number of hydrogen-bond acceptors (Lipinski definition) is 3. The fourth-order valence-corrected chi connectivity index (χ4v) is 2.66. The van der Waals surface area contributed by atoms with Crippen LogP contribution < -0.4 is 0 Å². The third kappa shape index (κ3) is 6.37. The topological polar surface area (TPSA) is 49.7 Å². The zero-order valence-electron chi connectivity index (χ0n) is 15.9. The quantitative estimate of drug-likeness (QED) is 0.537. The average molecular weight is 329 g/mol.